The molecular formula is C10H15ClN2. The minimum atomic E-state index is 0.332. The molecule has 0 bridgehead atoms. The van der Waals surface area contributed by atoms with Gasteiger partial charge in [-0.1, -0.05) is 6.07 Å². The van der Waals surface area contributed by atoms with Gasteiger partial charge in [-0.15, -0.1) is 11.6 Å². The van der Waals surface area contributed by atoms with Gasteiger partial charge in [0.15, 0.2) is 0 Å². The maximum absolute atomic E-state index is 5.74. The van der Waals surface area contributed by atoms with Gasteiger partial charge >= 0.3 is 0 Å². The van der Waals surface area contributed by atoms with Crippen molar-refractivity contribution >= 4 is 11.6 Å². The Morgan fingerprint density at radius 3 is 2.69 bits per heavy atom. The average Bonchev–Trinajstić information content (AvgIpc) is 2.15. The van der Waals surface area contributed by atoms with E-state index in [0.29, 0.717) is 11.9 Å². The molecule has 0 saturated heterocycles. The van der Waals surface area contributed by atoms with Crippen LogP contribution >= 0.6 is 11.6 Å². The molecule has 1 aromatic rings. The molecule has 1 rings (SSSR count). The van der Waals surface area contributed by atoms with Crippen molar-refractivity contribution in [3.63, 3.8) is 0 Å². The summed E-state index contributed by atoms with van der Waals surface area (Å²) >= 11 is 5.74. The zero-order chi connectivity index (χ0) is 9.68. The van der Waals surface area contributed by atoms with Crippen LogP contribution in [0, 0.1) is 0 Å². The van der Waals surface area contributed by atoms with Crippen LogP contribution < -0.4 is 0 Å². The first-order valence-electron chi connectivity index (χ1n) is 4.39. The predicted octanol–water partition coefficient (Wildman–Crippen LogP) is 2.31. The van der Waals surface area contributed by atoms with Gasteiger partial charge in [0, 0.05) is 12.1 Å². The van der Waals surface area contributed by atoms with Crippen molar-refractivity contribution < 1.29 is 0 Å². The Bertz CT molecular complexity index is 236. The van der Waals surface area contributed by atoms with Gasteiger partial charge in [0.1, 0.15) is 0 Å². The van der Waals surface area contributed by atoms with Crippen molar-refractivity contribution in [3.05, 3.63) is 30.1 Å². The number of hydrogen-bond donors (Lipinski definition) is 0. The van der Waals surface area contributed by atoms with E-state index in [0.717, 1.165) is 12.1 Å². The summed E-state index contributed by atoms with van der Waals surface area (Å²) in [7, 11) is 4.10. The van der Waals surface area contributed by atoms with Crippen LogP contribution in [0.4, 0.5) is 0 Å². The van der Waals surface area contributed by atoms with Crippen molar-refractivity contribution in [2.75, 3.05) is 20.0 Å². The summed E-state index contributed by atoms with van der Waals surface area (Å²) in [6.45, 7) is 0. The first kappa shape index (κ1) is 10.5. The molecule has 1 heterocycles. The van der Waals surface area contributed by atoms with Gasteiger partial charge < -0.3 is 4.90 Å². The number of pyridine rings is 1. The largest absolute Gasteiger partial charge is 0.301 e. The van der Waals surface area contributed by atoms with Crippen LogP contribution in [-0.4, -0.2) is 29.9 Å². The highest BCUT2D eigenvalue weighted by Crippen LogP contribution is 2.19. The van der Waals surface area contributed by atoms with Crippen molar-refractivity contribution in [3.8, 4) is 0 Å². The van der Waals surface area contributed by atoms with E-state index in [1.54, 1.807) is 0 Å². The van der Waals surface area contributed by atoms with E-state index < -0.39 is 0 Å². The molecule has 0 radical (unpaired) electrons. The molecule has 72 valence electrons. The molecule has 3 heteroatoms. The minimum absolute atomic E-state index is 0.332. The standard InChI is InChI=1S/C10H15ClN2/c1-13(2)10(6-7-11)9-5-3-4-8-12-9/h3-5,8,10H,6-7H2,1-2H3. The molecule has 2 nitrogen and oxygen atoms in total. The Morgan fingerprint density at radius 2 is 2.23 bits per heavy atom. The Hall–Kier alpha value is -0.600. The molecule has 1 atom stereocenters. The van der Waals surface area contributed by atoms with E-state index in [4.69, 9.17) is 11.6 Å². The third kappa shape index (κ3) is 2.98. The van der Waals surface area contributed by atoms with Gasteiger partial charge in [-0.2, -0.15) is 0 Å². The molecular weight excluding hydrogens is 184 g/mol. The maximum Gasteiger partial charge on any atom is 0.0575 e. The zero-order valence-corrected chi connectivity index (χ0v) is 8.83. The Balaban J connectivity index is 2.76. The van der Waals surface area contributed by atoms with Crippen molar-refractivity contribution in [1.29, 1.82) is 0 Å². The normalized spacial score (nSPS) is 13.2. The predicted molar refractivity (Wildman–Crippen MR) is 56.0 cm³/mol. The monoisotopic (exact) mass is 198 g/mol. The second-order valence-electron chi connectivity index (χ2n) is 3.21. The summed E-state index contributed by atoms with van der Waals surface area (Å²) in [4.78, 5) is 6.46. The second-order valence-corrected chi connectivity index (χ2v) is 3.59. The SMILES string of the molecule is CN(C)C(CCCl)c1ccccn1. The topological polar surface area (TPSA) is 16.1 Å². The summed E-state index contributed by atoms with van der Waals surface area (Å²) in [5, 5.41) is 0. The van der Waals surface area contributed by atoms with E-state index >= 15 is 0 Å². The fourth-order valence-electron chi connectivity index (χ4n) is 1.35. The first-order chi connectivity index (χ1) is 6.25. The van der Waals surface area contributed by atoms with Gasteiger partial charge in [0.25, 0.3) is 0 Å². The molecule has 0 aliphatic heterocycles. The van der Waals surface area contributed by atoms with Crippen LogP contribution in [0.15, 0.2) is 24.4 Å². The number of halogens is 1. The van der Waals surface area contributed by atoms with Gasteiger partial charge in [-0.05, 0) is 32.6 Å². The molecule has 1 aromatic heterocycles. The van der Waals surface area contributed by atoms with Crippen molar-refractivity contribution in [2.24, 2.45) is 0 Å². The summed E-state index contributed by atoms with van der Waals surface area (Å²) in [6.07, 6.45) is 2.76. The first-order valence-corrected chi connectivity index (χ1v) is 4.92. The van der Waals surface area contributed by atoms with E-state index in [9.17, 15) is 0 Å². The number of alkyl halides is 1. The molecule has 1 unspecified atom stereocenters. The van der Waals surface area contributed by atoms with Crippen molar-refractivity contribution in [2.45, 2.75) is 12.5 Å². The summed E-state index contributed by atoms with van der Waals surface area (Å²) < 4.78 is 0. The van der Waals surface area contributed by atoms with Crippen LogP contribution in [0.5, 0.6) is 0 Å². The lowest BCUT2D eigenvalue weighted by atomic mass is 10.1. The lowest BCUT2D eigenvalue weighted by Crippen LogP contribution is -2.21. The molecule has 0 fully saturated rings. The summed E-state index contributed by atoms with van der Waals surface area (Å²) in [6, 6.07) is 6.31. The van der Waals surface area contributed by atoms with E-state index in [1.807, 2.05) is 38.5 Å². The van der Waals surface area contributed by atoms with Crippen LogP contribution in [0.25, 0.3) is 0 Å². The second kappa shape index (κ2) is 5.20. The van der Waals surface area contributed by atoms with Crippen LogP contribution in [-0.2, 0) is 0 Å². The summed E-state index contributed by atoms with van der Waals surface area (Å²) in [5.41, 5.74) is 1.09. The highest BCUT2D eigenvalue weighted by molar-refractivity contribution is 6.17. The van der Waals surface area contributed by atoms with Crippen molar-refractivity contribution in [1.82, 2.24) is 9.88 Å². The fraction of sp³-hybridized carbons (Fsp3) is 0.500. The molecule has 0 aliphatic carbocycles. The molecule has 0 spiro atoms. The van der Waals surface area contributed by atoms with Gasteiger partial charge in [-0.3, -0.25) is 4.98 Å². The maximum atomic E-state index is 5.74. The third-order valence-corrected chi connectivity index (χ3v) is 2.25. The third-order valence-electron chi connectivity index (χ3n) is 2.04. The lowest BCUT2D eigenvalue weighted by molar-refractivity contribution is 0.287. The Kier molecular flexibility index (Phi) is 4.19. The number of nitrogens with zero attached hydrogens (tertiary/aromatic N) is 2. The van der Waals surface area contributed by atoms with Gasteiger partial charge in [0.2, 0.25) is 0 Å². The smallest absolute Gasteiger partial charge is 0.0575 e. The van der Waals surface area contributed by atoms with Crippen LogP contribution in [0.2, 0.25) is 0 Å². The van der Waals surface area contributed by atoms with Crippen LogP contribution in [0.1, 0.15) is 18.2 Å². The number of hydrogen-bond acceptors (Lipinski definition) is 2. The molecule has 0 saturated carbocycles. The average molecular weight is 199 g/mol. The highest BCUT2D eigenvalue weighted by atomic mass is 35.5. The molecule has 13 heavy (non-hydrogen) atoms. The lowest BCUT2D eigenvalue weighted by Gasteiger charge is -2.22. The molecule has 0 aliphatic rings. The summed E-state index contributed by atoms with van der Waals surface area (Å²) in [5.74, 6) is 0.666. The zero-order valence-electron chi connectivity index (χ0n) is 8.07. The molecule has 0 amide bonds. The Morgan fingerprint density at radius 1 is 1.46 bits per heavy atom. The van der Waals surface area contributed by atoms with E-state index in [-0.39, 0.29) is 0 Å². The van der Waals surface area contributed by atoms with Gasteiger partial charge in [0.05, 0.1) is 11.7 Å². The quantitative estimate of drug-likeness (QED) is 0.691. The highest BCUT2D eigenvalue weighted by Gasteiger charge is 2.13. The van der Waals surface area contributed by atoms with E-state index in [2.05, 4.69) is 9.88 Å². The number of rotatable bonds is 4. The minimum Gasteiger partial charge on any atom is -0.301 e. The van der Waals surface area contributed by atoms with E-state index in [1.165, 1.54) is 0 Å². The molecule has 0 N–H and O–H groups in total. The fourth-order valence-corrected chi connectivity index (χ4v) is 1.55. The van der Waals surface area contributed by atoms with Gasteiger partial charge in [-0.25, -0.2) is 0 Å². The molecule has 0 aromatic carbocycles. The van der Waals surface area contributed by atoms with Crippen LogP contribution in [0.3, 0.4) is 0 Å². The Labute approximate surface area is 84.5 Å². The number of aromatic nitrogens is 1.